The Labute approximate surface area is 213 Å². The largest absolute Gasteiger partial charge is 0.339 e. The van der Waals surface area contributed by atoms with Crippen molar-refractivity contribution in [3.63, 3.8) is 0 Å². The number of aromatic nitrogens is 1. The normalized spacial score (nSPS) is 14.5. The number of hydrogen-bond donors (Lipinski definition) is 2. The average Bonchev–Trinajstić information content (AvgIpc) is 3.36. The summed E-state index contributed by atoms with van der Waals surface area (Å²) >= 11 is 2.53. The van der Waals surface area contributed by atoms with Gasteiger partial charge in [0.2, 0.25) is 0 Å². The molecule has 2 aromatic carbocycles. The van der Waals surface area contributed by atoms with Crippen LogP contribution in [0.2, 0.25) is 0 Å². The molecule has 4 rings (SSSR count). The number of nitrogens with one attached hydrogen (secondary N) is 2. The van der Waals surface area contributed by atoms with Gasteiger partial charge in [-0.15, -0.1) is 23.1 Å². The second-order valence-corrected chi connectivity index (χ2v) is 12.9. The van der Waals surface area contributed by atoms with Crippen molar-refractivity contribution in [3.05, 3.63) is 59.6 Å². The molecule has 3 aromatic rings. The predicted molar refractivity (Wildman–Crippen MR) is 138 cm³/mol. The third-order valence-corrected chi connectivity index (χ3v) is 9.77. The van der Waals surface area contributed by atoms with Gasteiger partial charge in [0.15, 0.2) is 5.13 Å². The molecule has 2 heterocycles. The molecule has 1 aliphatic rings. The smallest absolute Gasteiger partial charge is 0.263 e. The van der Waals surface area contributed by atoms with Crippen LogP contribution in [-0.2, 0) is 20.0 Å². The summed E-state index contributed by atoms with van der Waals surface area (Å²) in [7, 11) is -7.87. The Kier molecular flexibility index (Phi) is 7.69. The minimum Gasteiger partial charge on any atom is -0.339 e. The van der Waals surface area contributed by atoms with Crippen molar-refractivity contribution >= 4 is 59.9 Å². The van der Waals surface area contributed by atoms with Gasteiger partial charge in [0.1, 0.15) is 0 Å². The Morgan fingerprint density at radius 1 is 0.943 bits per heavy atom. The molecule has 0 atom stereocenters. The number of hydrogen-bond acceptors (Lipinski definition) is 8. The zero-order chi connectivity index (χ0) is 25.1. The lowest BCUT2D eigenvalue weighted by Crippen LogP contribution is -2.36. The maximum absolute atomic E-state index is 13.1. The van der Waals surface area contributed by atoms with E-state index in [-0.39, 0.29) is 26.5 Å². The van der Waals surface area contributed by atoms with Crippen LogP contribution < -0.4 is 9.44 Å². The molecule has 1 aromatic heterocycles. The zero-order valence-electron chi connectivity index (χ0n) is 18.8. The van der Waals surface area contributed by atoms with Crippen molar-refractivity contribution in [2.24, 2.45) is 0 Å². The highest BCUT2D eigenvalue weighted by atomic mass is 32.2. The summed E-state index contributed by atoms with van der Waals surface area (Å²) in [6.07, 6.45) is 6.28. The molecular formula is C22H24N4O5S4. The Morgan fingerprint density at radius 2 is 1.60 bits per heavy atom. The molecule has 0 saturated carbocycles. The second-order valence-electron chi connectivity index (χ2n) is 7.79. The van der Waals surface area contributed by atoms with Crippen LogP contribution in [-0.4, -0.2) is 52.0 Å². The number of thiazole rings is 1. The summed E-state index contributed by atoms with van der Waals surface area (Å²) in [6, 6.07) is 9.83. The minimum absolute atomic E-state index is 0.0330. The van der Waals surface area contributed by atoms with Crippen molar-refractivity contribution in [1.29, 1.82) is 0 Å². The maximum atomic E-state index is 13.1. The van der Waals surface area contributed by atoms with Gasteiger partial charge in [-0.1, -0.05) is 0 Å². The molecule has 0 aliphatic carbocycles. The van der Waals surface area contributed by atoms with Crippen LogP contribution in [0.1, 0.15) is 29.6 Å². The summed E-state index contributed by atoms with van der Waals surface area (Å²) in [5.74, 6) is -0.173. The quantitative estimate of drug-likeness (QED) is 0.403. The lowest BCUT2D eigenvalue weighted by molar-refractivity contribution is 0.0720. The molecule has 1 amide bonds. The van der Waals surface area contributed by atoms with Crippen molar-refractivity contribution in [2.75, 3.05) is 28.8 Å². The van der Waals surface area contributed by atoms with E-state index in [0.717, 1.165) is 30.6 Å². The van der Waals surface area contributed by atoms with E-state index in [2.05, 4.69) is 14.4 Å². The van der Waals surface area contributed by atoms with Crippen LogP contribution >= 0.6 is 23.1 Å². The van der Waals surface area contributed by atoms with Gasteiger partial charge in [-0.2, -0.15) is 0 Å². The van der Waals surface area contributed by atoms with Gasteiger partial charge in [-0.3, -0.25) is 14.2 Å². The number of anilines is 2. The van der Waals surface area contributed by atoms with Crippen LogP contribution in [0.3, 0.4) is 0 Å². The van der Waals surface area contributed by atoms with Crippen molar-refractivity contribution in [3.8, 4) is 0 Å². The molecule has 1 fully saturated rings. The van der Waals surface area contributed by atoms with Crippen LogP contribution in [0.4, 0.5) is 10.8 Å². The van der Waals surface area contributed by atoms with E-state index in [1.165, 1.54) is 54.4 Å². The van der Waals surface area contributed by atoms with Gasteiger partial charge in [-0.05, 0) is 68.0 Å². The molecule has 35 heavy (non-hydrogen) atoms. The van der Waals surface area contributed by atoms with E-state index in [1.54, 1.807) is 16.3 Å². The highest BCUT2D eigenvalue weighted by molar-refractivity contribution is 7.98. The van der Waals surface area contributed by atoms with Crippen molar-refractivity contribution in [1.82, 2.24) is 9.88 Å². The van der Waals surface area contributed by atoms with E-state index < -0.39 is 20.0 Å². The molecule has 2 N–H and O–H groups in total. The monoisotopic (exact) mass is 552 g/mol. The molecular weight excluding hydrogens is 529 g/mol. The van der Waals surface area contributed by atoms with E-state index in [9.17, 15) is 21.6 Å². The minimum atomic E-state index is -4.02. The second kappa shape index (κ2) is 10.6. The molecule has 186 valence electrons. The number of likely N-dealkylation sites (tertiary alicyclic amines) is 1. The van der Waals surface area contributed by atoms with Crippen LogP contribution in [0.15, 0.2) is 68.7 Å². The number of thioether (sulfide) groups is 1. The van der Waals surface area contributed by atoms with Crippen molar-refractivity contribution in [2.45, 2.75) is 33.9 Å². The first-order valence-electron chi connectivity index (χ1n) is 10.7. The first-order chi connectivity index (χ1) is 16.7. The first-order valence-corrected chi connectivity index (χ1v) is 15.8. The Balaban J connectivity index is 1.54. The van der Waals surface area contributed by atoms with Gasteiger partial charge in [0.25, 0.3) is 26.0 Å². The topological polar surface area (TPSA) is 126 Å². The number of carbonyl (C=O) groups is 1. The number of benzene rings is 2. The molecule has 0 radical (unpaired) electrons. The van der Waals surface area contributed by atoms with Gasteiger partial charge in [0, 0.05) is 35.2 Å². The predicted octanol–water partition coefficient (Wildman–Crippen LogP) is 4.09. The van der Waals surface area contributed by atoms with Gasteiger partial charge >= 0.3 is 0 Å². The number of piperidine rings is 1. The molecule has 0 unspecified atom stereocenters. The molecule has 1 aliphatic heterocycles. The van der Waals surface area contributed by atoms with E-state index in [4.69, 9.17) is 0 Å². The maximum Gasteiger partial charge on any atom is 0.263 e. The first kappa shape index (κ1) is 25.5. The van der Waals surface area contributed by atoms with Gasteiger partial charge in [-0.25, -0.2) is 21.8 Å². The van der Waals surface area contributed by atoms with Gasteiger partial charge < -0.3 is 4.90 Å². The van der Waals surface area contributed by atoms with Crippen LogP contribution in [0.25, 0.3) is 0 Å². The van der Waals surface area contributed by atoms with Crippen LogP contribution in [0.5, 0.6) is 0 Å². The van der Waals surface area contributed by atoms with E-state index in [0.29, 0.717) is 23.5 Å². The fraction of sp³-hybridized carbons (Fsp3) is 0.273. The molecule has 0 spiro atoms. The van der Waals surface area contributed by atoms with E-state index >= 15 is 0 Å². The summed E-state index contributed by atoms with van der Waals surface area (Å²) in [6.45, 7) is 1.32. The Hall–Kier alpha value is -2.61. The number of sulfonamides is 2. The summed E-state index contributed by atoms with van der Waals surface area (Å²) in [5, 5.41) is 1.88. The Morgan fingerprint density at radius 3 is 2.23 bits per heavy atom. The molecule has 1 saturated heterocycles. The summed E-state index contributed by atoms with van der Waals surface area (Å²) < 4.78 is 55.9. The fourth-order valence-corrected chi connectivity index (χ4v) is 7.10. The average molecular weight is 553 g/mol. The van der Waals surface area contributed by atoms with E-state index in [1.807, 2.05) is 6.26 Å². The Bertz CT molecular complexity index is 1400. The van der Waals surface area contributed by atoms with Crippen LogP contribution in [0, 0.1) is 0 Å². The third-order valence-electron chi connectivity index (χ3n) is 5.43. The summed E-state index contributed by atoms with van der Waals surface area (Å²) in [5.41, 5.74) is 0.549. The molecule has 13 heteroatoms. The number of nitrogens with zero attached hydrogens (tertiary/aromatic N) is 2. The standard InChI is InChI=1S/C22H24N4O5S4/c1-32-20-10-9-18(15-19(20)21(27)26-12-3-2-4-13-26)35(30,31)24-16-5-7-17(8-6-16)34(28,29)25-22-23-11-14-33-22/h5-11,14-15,24H,2-4,12-13H2,1H3,(H,23,25). The zero-order valence-corrected chi connectivity index (χ0v) is 22.1. The fourth-order valence-electron chi connectivity index (χ4n) is 3.65. The number of amides is 1. The lowest BCUT2D eigenvalue weighted by Gasteiger charge is -2.27. The van der Waals surface area contributed by atoms with Gasteiger partial charge in [0.05, 0.1) is 15.4 Å². The summed E-state index contributed by atoms with van der Waals surface area (Å²) in [4.78, 5) is 19.4. The SMILES string of the molecule is CSc1ccc(S(=O)(=O)Nc2ccc(S(=O)(=O)Nc3nccs3)cc2)cc1C(=O)N1CCCCC1. The number of carbonyl (C=O) groups excluding carboxylic acids is 1. The molecule has 0 bridgehead atoms. The highest BCUT2D eigenvalue weighted by Crippen LogP contribution is 2.28. The van der Waals surface area contributed by atoms with Crippen molar-refractivity contribution < 1.29 is 21.6 Å². The highest BCUT2D eigenvalue weighted by Gasteiger charge is 2.24. The molecule has 9 nitrogen and oxygen atoms in total. The number of rotatable bonds is 8. The third kappa shape index (κ3) is 5.97. The lowest BCUT2D eigenvalue weighted by atomic mass is 10.1.